The lowest BCUT2D eigenvalue weighted by Crippen LogP contribution is -2.55. The van der Waals surface area contributed by atoms with Crippen LogP contribution in [0, 0.1) is 11.3 Å². The fraction of sp³-hybridized carbons (Fsp3) is 1.00. The van der Waals surface area contributed by atoms with Crippen molar-refractivity contribution in [3.8, 4) is 0 Å². The number of nitrogens with one attached hydrogen (secondary N) is 1. The Hall–Kier alpha value is -0.0400. The van der Waals surface area contributed by atoms with Gasteiger partial charge in [0.2, 0.25) is 0 Å². The average molecular weight is 127 g/mol. The van der Waals surface area contributed by atoms with Gasteiger partial charge in [0.1, 0.15) is 0 Å². The first kappa shape index (κ1) is 7.07. The normalized spacial score (nSPS) is 24.0. The fourth-order valence-electron chi connectivity index (χ4n) is 1.51. The van der Waals surface area contributed by atoms with Crippen molar-refractivity contribution in [1.82, 2.24) is 5.32 Å². The lowest BCUT2D eigenvalue weighted by atomic mass is 9.70. The SMILES string of the molecule is CCC1(C(C)C)CNC1. The molecule has 0 atom stereocenters. The van der Waals surface area contributed by atoms with E-state index >= 15 is 0 Å². The van der Waals surface area contributed by atoms with Gasteiger partial charge in [-0.15, -0.1) is 0 Å². The molecule has 0 spiro atoms. The zero-order valence-corrected chi connectivity index (χ0v) is 6.70. The summed E-state index contributed by atoms with van der Waals surface area (Å²) >= 11 is 0. The van der Waals surface area contributed by atoms with Crippen molar-refractivity contribution >= 4 is 0 Å². The molecule has 1 heteroatoms. The quantitative estimate of drug-likeness (QED) is 0.594. The second-order valence-corrected chi connectivity index (χ2v) is 3.47. The van der Waals surface area contributed by atoms with E-state index in [0.29, 0.717) is 5.41 Å². The summed E-state index contributed by atoms with van der Waals surface area (Å²) in [5.41, 5.74) is 0.653. The Kier molecular flexibility index (Phi) is 1.80. The molecule has 0 aromatic heterocycles. The molecule has 1 saturated heterocycles. The summed E-state index contributed by atoms with van der Waals surface area (Å²) in [5, 5.41) is 3.33. The van der Waals surface area contributed by atoms with Crippen LogP contribution >= 0.6 is 0 Å². The van der Waals surface area contributed by atoms with Crippen molar-refractivity contribution in [1.29, 1.82) is 0 Å². The predicted molar refractivity (Wildman–Crippen MR) is 40.4 cm³/mol. The van der Waals surface area contributed by atoms with Crippen LogP contribution in [-0.2, 0) is 0 Å². The Morgan fingerprint density at radius 2 is 2.00 bits per heavy atom. The smallest absolute Gasteiger partial charge is 0.00226 e. The highest BCUT2D eigenvalue weighted by molar-refractivity contribution is 4.93. The topological polar surface area (TPSA) is 12.0 Å². The van der Waals surface area contributed by atoms with Crippen LogP contribution in [0.3, 0.4) is 0 Å². The lowest BCUT2D eigenvalue weighted by molar-refractivity contribution is 0.0941. The van der Waals surface area contributed by atoms with Crippen molar-refractivity contribution in [2.24, 2.45) is 11.3 Å². The van der Waals surface area contributed by atoms with Gasteiger partial charge >= 0.3 is 0 Å². The van der Waals surface area contributed by atoms with E-state index in [4.69, 9.17) is 0 Å². The molecule has 1 aliphatic rings. The minimum Gasteiger partial charge on any atom is -0.316 e. The summed E-state index contributed by atoms with van der Waals surface area (Å²) in [6.45, 7) is 9.41. The Morgan fingerprint density at radius 3 is 2.00 bits per heavy atom. The minimum atomic E-state index is 0.653. The molecular weight excluding hydrogens is 110 g/mol. The molecule has 1 N–H and O–H groups in total. The molecule has 0 bridgehead atoms. The predicted octanol–water partition coefficient (Wildman–Crippen LogP) is 1.64. The highest BCUT2D eigenvalue weighted by Gasteiger charge is 2.37. The van der Waals surface area contributed by atoms with E-state index in [2.05, 4.69) is 26.1 Å². The first-order valence-electron chi connectivity index (χ1n) is 3.92. The van der Waals surface area contributed by atoms with Gasteiger partial charge in [-0.25, -0.2) is 0 Å². The van der Waals surface area contributed by atoms with Gasteiger partial charge in [0.25, 0.3) is 0 Å². The molecule has 1 heterocycles. The fourth-order valence-corrected chi connectivity index (χ4v) is 1.51. The van der Waals surface area contributed by atoms with Gasteiger partial charge < -0.3 is 5.32 Å². The maximum absolute atomic E-state index is 3.33. The molecule has 0 aliphatic carbocycles. The summed E-state index contributed by atoms with van der Waals surface area (Å²) < 4.78 is 0. The molecule has 1 rings (SSSR count). The van der Waals surface area contributed by atoms with E-state index in [-0.39, 0.29) is 0 Å². The van der Waals surface area contributed by atoms with Gasteiger partial charge in [0.15, 0.2) is 0 Å². The zero-order valence-electron chi connectivity index (χ0n) is 6.70. The minimum absolute atomic E-state index is 0.653. The molecule has 1 fully saturated rings. The molecule has 0 saturated carbocycles. The monoisotopic (exact) mass is 127 g/mol. The highest BCUT2D eigenvalue weighted by atomic mass is 15.0. The van der Waals surface area contributed by atoms with Gasteiger partial charge in [-0.1, -0.05) is 20.8 Å². The number of hydrogen-bond donors (Lipinski definition) is 1. The third kappa shape index (κ3) is 0.983. The second-order valence-electron chi connectivity index (χ2n) is 3.47. The van der Waals surface area contributed by atoms with Crippen LogP contribution in [0.1, 0.15) is 27.2 Å². The Balaban J connectivity index is 2.46. The molecule has 0 unspecified atom stereocenters. The zero-order chi connectivity index (χ0) is 6.91. The standard InChI is InChI=1S/C8H17N/c1-4-8(7(2)3)5-9-6-8/h7,9H,4-6H2,1-3H3. The summed E-state index contributed by atoms with van der Waals surface area (Å²) in [7, 11) is 0. The van der Waals surface area contributed by atoms with E-state index in [1.807, 2.05) is 0 Å². The second kappa shape index (κ2) is 2.30. The van der Waals surface area contributed by atoms with E-state index in [1.165, 1.54) is 19.5 Å². The number of rotatable bonds is 2. The van der Waals surface area contributed by atoms with Crippen LogP contribution in [-0.4, -0.2) is 13.1 Å². The third-order valence-corrected chi connectivity index (χ3v) is 2.88. The Labute approximate surface area is 57.8 Å². The molecule has 54 valence electrons. The van der Waals surface area contributed by atoms with Gasteiger partial charge in [-0.05, 0) is 17.8 Å². The maximum atomic E-state index is 3.33. The van der Waals surface area contributed by atoms with E-state index in [1.54, 1.807) is 0 Å². The molecule has 1 aliphatic heterocycles. The van der Waals surface area contributed by atoms with Crippen molar-refractivity contribution in [3.63, 3.8) is 0 Å². The molecule has 0 amide bonds. The van der Waals surface area contributed by atoms with Crippen molar-refractivity contribution in [2.75, 3.05) is 13.1 Å². The number of hydrogen-bond acceptors (Lipinski definition) is 1. The molecular formula is C8H17N. The van der Waals surface area contributed by atoms with Crippen LogP contribution < -0.4 is 5.32 Å². The molecule has 9 heavy (non-hydrogen) atoms. The van der Waals surface area contributed by atoms with Gasteiger partial charge in [-0.2, -0.15) is 0 Å². The van der Waals surface area contributed by atoms with Crippen molar-refractivity contribution in [2.45, 2.75) is 27.2 Å². The third-order valence-electron chi connectivity index (χ3n) is 2.88. The van der Waals surface area contributed by atoms with E-state index in [9.17, 15) is 0 Å². The van der Waals surface area contributed by atoms with Crippen molar-refractivity contribution < 1.29 is 0 Å². The van der Waals surface area contributed by atoms with Crippen LogP contribution in [0.25, 0.3) is 0 Å². The van der Waals surface area contributed by atoms with Gasteiger partial charge in [0, 0.05) is 13.1 Å². The largest absolute Gasteiger partial charge is 0.316 e. The van der Waals surface area contributed by atoms with Crippen molar-refractivity contribution in [3.05, 3.63) is 0 Å². The maximum Gasteiger partial charge on any atom is 0.00226 e. The van der Waals surface area contributed by atoms with E-state index in [0.717, 1.165) is 5.92 Å². The van der Waals surface area contributed by atoms with E-state index < -0.39 is 0 Å². The summed E-state index contributed by atoms with van der Waals surface area (Å²) in [5.74, 6) is 0.851. The first-order chi connectivity index (χ1) is 4.21. The van der Waals surface area contributed by atoms with Crippen LogP contribution in [0.5, 0.6) is 0 Å². The van der Waals surface area contributed by atoms with Gasteiger partial charge in [-0.3, -0.25) is 0 Å². The first-order valence-corrected chi connectivity index (χ1v) is 3.92. The lowest BCUT2D eigenvalue weighted by Gasteiger charge is -2.45. The van der Waals surface area contributed by atoms with Gasteiger partial charge in [0.05, 0.1) is 0 Å². The Morgan fingerprint density at radius 1 is 1.44 bits per heavy atom. The molecule has 0 aromatic rings. The summed E-state index contributed by atoms with van der Waals surface area (Å²) in [6.07, 6.45) is 1.33. The summed E-state index contributed by atoms with van der Waals surface area (Å²) in [6, 6.07) is 0. The highest BCUT2D eigenvalue weighted by Crippen LogP contribution is 2.34. The average Bonchev–Trinajstić information content (AvgIpc) is 1.62. The molecule has 0 aromatic carbocycles. The van der Waals surface area contributed by atoms with Crippen LogP contribution in [0.15, 0.2) is 0 Å². The molecule has 1 nitrogen and oxygen atoms in total. The summed E-state index contributed by atoms with van der Waals surface area (Å²) in [4.78, 5) is 0. The molecule has 0 radical (unpaired) electrons. The Bertz CT molecular complexity index is 87.2. The van der Waals surface area contributed by atoms with Crippen LogP contribution in [0.2, 0.25) is 0 Å². The van der Waals surface area contributed by atoms with Crippen LogP contribution in [0.4, 0.5) is 0 Å².